The summed E-state index contributed by atoms with van der Waals surface area (Å²) in [6.45, 7) is 15.3. The van der Waals surface area contributed by atoms with Crippen LogP contribution in [0.5, 0.6) is 5.75 Å². The topological polar surface area (TPSA) is 72.8 Å². The first-order chi connectivity index (χ1) is 14.3. The largest absolute Gasteiger partial charge is 0.525 e. The highest BCUT2D eigenvalue weighted by atomic mass is 32.2. The lowest BCUT2D eigenvalue weighted by Crippen LogP contribution is -2.25. The number of aryl methyl sites for hydroxylation is 1. The van der Waals surface area contributed by atoms with Gasteiger partial charge in [-0.3, -0.25) is 0 Å². The Morgan fingerprint density at radius 2 is 1.09 bits per heavy atom. The van der Waals surface area contributed by atoms with Crippen LogP contribution in [0.15, 0.2) is 48.5 Å². The molecular weight excluding hydrogens is 445 g/mol. The van der Waals surface area contributed by atoms with Gasteiger partial charge in [-0.05, 0) is 41.0 Å². The van der Waals surface area contributed by atoms with Crippen LogP contribution in [0.25, 0.3) is 0 Å². The highest BCUT2D eigenvalue weighted by Crippen LogP contribution is 2.25. The van der Waals surface area contributed by atoms with Crippen molar-refractivity contribution in [1.82, 2.24) is 0 Å². The van der Waals surface area contributed by atoms with Crippen LogP contribution in [0, 0.1) is 6.92 Å². The number of phenols is 1. The number of rotatable bonds is 2. The summed E-state index contributed by atoms with van der Waals surface area (Å²) in [5, 5.41) is 9.02. The monoisotopic (exact) mass is 478 g/mol. The zero-order valence-corrected chi connectivity index (χ0v) is 20.6. The summed E-state index contributed by atoms with van der Waals surface area (Å²) >= 11 is 0. The maximum Gasteiger partial charge on any atom is 0.525 e. The van der Waals surface area contributed by atoms with Crippen LogP contribution in [0.3, 0.4) is 0 Å². The number of benzene rings is 2. The van der Waals surface area contributed by atoms with E-state index in [-0.39, 0.29) is 10.8 Å². The molecule has 0 aliphatic carbocycles. The second-order valence-electron chi connectivity index (χ2n) is 9.05. The summed E-state index contributed by atoms with van der Waals surface area (Å²) in [6.07, 6.45) is 0. The van der Waals surface area contributed by atoms with E-state index in [1.807, 2.05) is 12.1 Å². The van der Waals surface area contributed by atoms with Crippen molar-refractivity contribution in [1.29, 1.82) is 0 Å². The second-order valence-corrected chi connectivity index (χ2v) is 10.6. The summed E-state index contributed by atoms with van der Waals surface area (Å²) in [5.41, 5.74) is -0.985. The van der Waals surface area contributed by atoms with E-state index in [9.17, 15) is 21.6 Å². The molecule has 0 saturated heterocycles. The lowest BCUT2D eigenvalue weighted by Gasteiger charge is -2.18. The van der Waals surface area contributed by atoms with Crippen LogP contribution in [0.1, 0.15) is 58.2 Å². The third-order valence-electron chi connectivity index (χ3n) is 4.09. The van der Waals surface area contributed by atoms with Crippen molar-refractivity contribution in [2.24, 2.45) is 0 Å². The van der Waals surface area contributed by atoms with E-state index >= 15 is 0 Å². The minimum atomic E-state index is -5.57. The zero-order chi connectivity index (χ0) is 25.4. The minimum absolute atomic E-state index is 0.174. The van der Waals surface area contributed by atoms with Gasteiger partial charge in [-0.15, -0.1) is 4.33 Å². The molecule has 0 aromatic heterocycles. The smallest absolute Gasteiger partial charge is 0.508 e. The van der Waals surface area contributed by atoms with E-state index in [4.69, 9.17) is 5.11 Å². The highest BCUT2D eigenvalue weighted by molar-refractivity contribution is 7.87. The molecule has 0 fully saturated rings. The molecule has 0 radical (unpaired) electrons. The number of halogens is 3. The van der Waals surface area contributed by atoms with Crippen molar-refractivity contribution in [3.8, 4) is 5.75 Å². The maximum absolute atomic E-state index is 11.2. The van der Waals surface area contributed by atoms with Gasteiger partial charge in [0.05, 0.1) is 7.11 Å². The van der Waals surface area contributed by atoms with Crippen LogP contribution in [-0.4, -0.2) is 26.1 Å². The van der Waals surface area contributed by atoms with Gasteiger partial charge in [0.1, 0.15) is 5.75 Å². The summed E-state index contributed by atoms with van der Waals surface area (Å²) in [4.78, 5) is 3.33. The third kappa shape index (κ3) is 11.0. The van der Waals surface area contributed by atoms with Gasteiger partial charge in [0.15, 0.2) is 0 Å². The predicted molar refractivity (Wildman–Crippen MR) is 120 cm³/mol. The first-order valence-corrected chi connectivity index (χ1v) is 11.1. The van der Waals surface area contributed by atoms with Gasteiger partial charge >= 0.3 is 15.6 Å². The maximum atomic E-state index is 11.2. The lowest BCUT2D eigenvalue weighted by atomic mass is 9.87. The van der Waals surface area contributed by atoms with Gasteiger partial charge in [0.25, 0.3) is 0 Å². The average molecular weight is 479 g/mol. The standard InChI is InChI=1S/C11H16.C10H14O.C2H3F3O4S/c1-9-5-7-10(8-6-9)11(2,3)4;1-10(2,3)8-4-6-9(11)7-5-8;1-8-9-10(6,7)2(3,4)5/h5-8H,1-4H3;4-7,11H,1-3H3;1H3. The molecule has 0 bridgehead atoms. The van der Waals surface area contributed by atoms with E-state index < -0.39 is 15.6 Å². The lowest BCUT2D eigenvalue weighted by molar-refractivity contribution is -0.189. The predicted octanol–water partition coefficient (Wildman–Crippen LogP) is 6.40. The molecule has 2 rings (SSSR count). The van der Waals surface area contributed by atoms with Crippen molar-refractivity contribution in [3.63, 3.8) is 0 Å². The van der Waals surface area contributed by atoms with E-state index in [1.165, 1.54) is 16.7 Å². The van der Waals surface area contributed by atoms with E-state index in [2.05, 4.69) is 82.0 Å². The van der Waals surface area contributed by atoms with Crippen LogP contribution in [0.4, 0.5) is 13.2 Å². The molecule has 9 heteroatoms. The zero-order valence-electron chi connectivity index (χ0n) is 19.7. The van der Waals surface area contributed by atoms with Gasteiger partial charge < -0.3 is 5.11 Å². The molecule has 0 heterocycles. The van der Waals surface area contributed by atoms with Crippen molar-refractivity contribution in [2.45, 2.75) is 64.8 Å². The van der Waals surface area contributed by atoms with Gasteiger partial charge in [0, 0.05) is 0 Å². The third-order valence-corrected chi connectivity index (χ3v) is 4.97. The van der Waals surface area contributed by atoms with Crippen LogP contribution in [0.2, 0.25) is 0 Å². The number of hydrogen-bond donors (Lipinski definition) is 1. The normalized spacial score (nSPS) is 12.2. The fourth-order valence-electron chi connectivity index (χ4n) is 2.14. The molecule has 0 amide bonds. The van der Waals surface area contributed by atoms with Crippen LogP contribution >= 0.6 is 0 Å². The molecule has 182 valence electrons. The van der Waals surface area contributed by atoms with Gasteiger partial charge in [-0.25, -0.2) is 4.89 Å². The fourth-order valence-corrected chi connectivity index (χ4v) is 2.40. The Labute approximate surface area is 189 Å². The Balaban J connectivity index is 0.000000452. The summed E-state index contributed by atoms with van der Waals surface area (Å²) in [5.74, 6) is 0.331. The molecule has 0 atom stereocenters. The minimum Gasteiger partial charge on any atom is -0.508 e. The van der Waals surface area contributed by atoms with Crippen molar-refractivity contribution in [3.05, 3.63) is 65.2 Å². The molecule has 0 aliphatic heterocycles. The Bertz CT molecular complexity index is 851. The summed E-state index contributed by atoms with van der Waals surface area (Å²) < 4.78 is 56.2. The Morgan fingerprint density at radius 3 is 1.34 bits per heavy atom. The van der Waals surface area contributed by atoms with Crippen molar-refractivity contribution >= 4 is 10.1 Å². The van der Waals surface area contributed by atoms with E-state index in [0.29, 0.717) is 12.9 Å². The van der Waals surface area contributed by atoms with Crippen LogP contribution < -0.4 is 0 Å². The van der Waals surface area contributed by atoms with E-state index in [0.717, 1.165) is 0 Å². The molecule has 5 nitrogen and oxygen atoms in total. The molecule has 0 aliphatic rings. The van der Waals surface area contributed by atoms with Gasteiger partial charge in [-0.2, -0.15) is 21.6 Å². The van der Waals surface area contributed by atoms with Crippen molar-refractivity contribution < 1.29 is 35.9 Å². The number of alkyl halides is 3. The molecular formula is C23H33F3O5S. The van der Waals surface area contributed by atoms with Gasteiger partial charge in [-0.1, -0.05) is 83.5 Å². The fraction of sp³-hybridized carbons (Fsp3) is 0.478. The number of aromatic hydroxyl groups is 1. The summed E-state index contributed by atoms with van der Waals surface area (Å²) in [6, 6.07) is 16.1. The first kappa shape index (κ1) is 29.9. The molecule has 2 aromatic carbocycles. The second kappa shape index (κ2) is 11.7. The molecule has 0 saturated carbocycles. The first-order valence-electron chi connectivity index (χ1n) is 9.71. The van der Waals surface area contributed by atoms with E-state index in [1.54, 1.807) is 12.1 Å². The average Bonchev–Trinajstić information content (AvgIpc) is 2.61. The molecule has 0 unspecified atom stereocenters. The Kier molecular flexibility index (Phi) is 10.9. The molecule has 2 aromatic rings. The van der Waals surface area contributed by atoms with Crippen molar-refractivity contribution in [2.75, 3.05) is 7.11 Å². The number of phenolic OH excluding ortho intramolecular Hbond substituents is 1. The summed E-state index contributed by atoms with van der Waals surface area (Å²) in [7, 11) is -4.91. The highest BCUT2D eigenvalue weighted by Gasteiger charge is 2.48. The Hall–Kier alpha value is -2.10. The quantitative estimate of drug-likeness (QED) is 0.307. The Morgan fingerprint density at radius 1 is 0.750 bits per heavy atom. The molecule has 1 N–H and O–H groups in total. The van der Waals surface area contributed by atoms with Crippen LogP contribution in [-0.2, 0) is 30.2 Å². The van der Waals surface area contributed by atoms with Gasteiger partial charge in [0.2, 0.25) is 0 Å². The molecule has 32 heavy (non-hydrogen) atoms. The SMILES string of the molecule is CC(C)(C)c1ccc(O)cc1.COOS(=O)(=O)C(F)(F)F.Cc1ccc(C(C)(C)C)cc1. The molecule has 0 spiro atoms. The number of hydrogen-bond acceptors (Lipinski definition) is 5.